The lowest BCUT2D eigenvalue weighted by Gasteiger charge is -2.36. The van der Waals surface area contributed by atoms with Gasteiger partial charge >= 0.3 is 6.03 Å². The SMILES string of the molecule is O=C(N1CCCC1)N1CCN(c2nccc(CO)n2)CC1. The number of carbonyl (C=O) groups is 1. The maximum Gasteiger partial charge on any atom is 0.320 e. The van der Waals surface area contributed by atoms with Crippen LogP contribution in [-0.4, -0.2) is 70.2 Å². The van der Waals surface area contributed by atoms with E-state index in [4.69, 9.17) is 5.11 Å². The molecule has 2 amide bonds. The fourth-order valence-corrected chi connectivity index (χ4v) is 2.83. The van der Waals surface area contributed by atoms with Crippen molar-refractivity contribution in [1.82, 2.24) is 19.8 Å². The summed E-state index contributed by atoms with van der Waals surface area (Å²) in [6.45, 7) is 4.55. The Bertz CT molecular complexity index is 496. The van der Waals surface area contributed by atoms with Crippen molar-refractivity contribution in [3.05, 3.63) is 18.0 Å². The summed E-state index contributed by atoms with van der Waals surface area (Å²) in [6.07, 6.45) is 3.90. The lowest BCUT2D eigenvalue weighted by atomic mass is 10.3. The number of hydrogen-bond acceptors (Lipinski definition) is 5. The molecule has 1 aromatic rings. The zero-order valence-corrected chi connectivity index (χ0v) is 12.1. The van der Waals surface area contributed by atoms with Crippen LogP contribution in [0.3, 0.4) is 0 Å². The van der Waals surface area contributed by atoms with Crippen molar-refractivity contribution in [2.75, 3.05) is 44.2 Å². The molecule has 0 aliphatic carbocycles. The van der Waals surface area contributed by atoms with Gasteiger partial charge in [0.15, 0.2) is 0 Å². The molecule has 0 bridgehead atoms. The second kappa shape index (κ2) is 6.26. The number of aromatic nitrogens is 2. The Morgan fingerprint density at radius 1 is 1.10 bits per heavy atom. The number of aliphatic hydroxyl groups is 1. The Kier molecular flexibility index (Phi) is 4.19. The van der Waals surface area contributed by atoms with Crippen LogP contribution in [0.15, 0.2) is 12.3 Å². The Hall–Kier alpha value is -1.89. The molecule has 0 unspecified atom stereocenters. The zero-order chi connectivity index (χ0) is 14.7. The molecule has 7 nitrogen and oxygen atoms in total. The molecule has 0 radical (unpaired) electrons. The van der Waals surface area contributed by atoms with E-state index in [9.17, 15) is 4.79 Å². The number of hydrogen-bond donors (Lipinski definition) is 1. The minimum Gasteiger partial charge on any atom is -0.390 e. The van der Waals surface area contributed by atoms with E-state index in [1.165, 1.54) is 0 Å². The molecule has 1 N–H and O–H groups in total. The first-order chi connectivity index (χ1) is 10.3. The number of urea groups is 1. The van der Waals surface area contributed by atoms with E-state index >= 15 is 0 Å². The van der Waals surface area contributed by atoms with Crippen molar-refractivity contribution in [3.63, 3.8) is 0 Å². The van der Waals surface area contributed by atoms with E-state index in [2.05, 4.69) is 14.9 Å². The standard InChI is InChI=1S/C14H21N5O2/c20-11-12-3-4-15-13(16-12)17-7-9-19(10-8-17)14(21)18-5-1-2-6-18/h3-4,20H,1-2,5-11H2. The van der Waals surface area contributed by atoms with Crippen LogP contribution in [-0.2, 0) is 6.61 Å². The summed E-state index contributed by atoms with van der Waals surface area (Å²) < 4.78 is 0. The molecule has 114 valence electrons. The van der Waals surface area contributed by atoms with Crippen LogP contribution in [0.2, 0.25) is 0 Å². The predicted octanol–water partition coefficient (Wildman–Crippen LogP) is 0.307. The molecule has 0 atom stereocenters. The molecule has 0 saturated carbocycles. The number of amides is 2. The molecule has 2 aliphatic heterocycles. The summed E-state index contributed by atoms with van der Waals surface area (Å²) in [7, 11) is 0. The zero-order valence-electron chi connectivity index (χ0n) is 12.1. The van der Waals surface area contributed by atoms with Gasteiger partial charge in [-0.05, 0) is 18.9 Å². The van der Waals surface area contributed by atoms with Crippen molar-refractivity contribution in [2.24, 2.45) is 0 Å². The maximum absolute atomic E-state index is 12.3. The Labute approximate surface area is 124 Å². The first-order valence-corrected chi connectivity index (χ1v) is 7.49. The summed E-state index contributed by atoms with van der Waals surface area (Å²) in [5.41, 5.74) is 0.621. The van der Waals surface area contributed by atoms with E-state index in [1.807, 2.05) is 9.80 Å². The van der Waals surface area contributed by atoms with Gasteiger partial charge in [-0.15, -0.1) is 0 Å². The third-order valence-electron chi connectivity index (χ3n) is 4.07. The van der Waals surface area contributed by atoms with Crippen LogP contribution in [0.5, 0.6) is 0 Å². The minimum atomic E-state index is -0.0804. The van der Waals surface area contributed by atoms with Crippen molar-refractivity contribution in [1.29, 1.82) is 0 Å². The Morgan fingerprint density at radius 3 is 2.43 bits per heavy atom. The monoisotopic (exact) mass is 291 g/mol. The lowest BCUT2D eigenvalue weighted by Crippen LogP contribution is -2.52. The summed E-state index contributed by atoms with van der Waals surface area (Å²) in [4.78, 5) is 26.8. The van der Waals surface area contributed by atoms with Gasteiger partial charge in [-0.2, -0.15) is 0 Å². The van der Waals surface area contributed by atoms with Crippen LogP contribution < -0.4 is 4.90 Å². The van der Waals surface area contributed by atoms with Crippen molar-refractivity contribution in [3.8, 4) is 0 Å². The molecule has 3 rings (SSSR count). The van der Waals surface area contributed by atoms with Gasteiger partial charge in [-0.1, -0.05) is 0 Å². The van der Waals surface area contributed by atoms with Crippen LogP contribution in [0.1, 0.15) is 18.5 Å². The normalized spacial score (nSPS) is 19.2. The molecular weight excluding hydrogens is 270 g/mol. The quantitative estimate of drug-likeness (QED) is 0.849. The highest BCUT2D eigenvalue weighted by Gasteiger charge is 2.27. The highest BCUT2D eigenvalue weighted by molar-refractivity contribution is 5.75. The van der Waals surface area contributed by atoms with Gasteiger partial charge in [0.2, 0.25) is 5.95 Å². The molecule has 2 fully saturated rings. The lowest BCUT2D eigenvalue weighted by molar-refractivity contribution is 0.159. The average molecular weight is 291 g/mol. The number of piperazine rings is 1. The second-order valence-electron chi connectivity index (χ2n) is 5.46. The van der Waals surface area contributed by atoms with Gasteiger partial charge in [-0.3, -0.25) is 0 Å². The van der Waals surface area contributed by atoms with Gasteiger partial charge in [0.1, 0.15) is 0 Å². The maximum atomic E-state index is 12.3. The summed E-state index contributed by atoms with van der Waals surface area (Å²) in [6, 6.07) is 1.87. The Balaban J connectivity index is 1.58. The molecular formula is C14H21N5O2. The summed E-state index contributed by atoms with van der Waals surface area (Å²) in [5.74, 6) is 0.634. The first kappa shape index (κ1) is 14.1. The minimum absolute atomic E-state index is 0.0804. The van der Waals surface area contributed by atoms with Gasteiger partial charge < -0.3 is 19.8 Å². The van der Waals surface area contributed by atoms with E-state index in [0.717, 1.165) is 39.0 Å². The number of carbonyl (C=O) groups excluding carboxylic acids is 1. The van der Waals surface area contributed by atoms with Crippen LogP contribution in [0.4, 0.5) is 10.7 Å². The van der Waals surface area contributed by atoms with E-state index in [0.29, 0.717) is 24.7 Å². The second-order valence-corrected chi connectivity index (χ2v) is 5.46. The largest absolute Gasteiger partial charge is 0.390 e. The smallest absolute Gasteiger partial charge is 0.320 e. The van der Waals surface area contributed by atoms with Gasteiger partial charge in [0, 0.05) is 45.5 Å². The van der Waals surface area contributed by atoms with E-state index in [-0.39, 0.29) is 12.6 Å². The molecule has 3 heterocycles. The number of rotatable bonds is 2. The highest BCUT2D eigenvalue weighted by Crippen LogP contribution is 2.15. The molecule has 7 heteroatoms. The number of anilines is 1. The summed E-state index contributed by atoms with van der Waals surface area (Å²) in [5, 5.41) is 9.13. The van der Waals surface area contributed by atoms with Crippen molar-refractivity contribution in [2.45, 2.75) is 19.4 Å². The number of nitrogens with zero attached hydrogens (tertiary/aromatic N) is 5. The fraction of sp³-hybridized carbons (Fsp3) is 0.643. The topological polar surface area (TPSA) is 72.8 Å². The molecule has 2 aliphatic rings. The van der Waals surface area contributed by atoms with Gasteiger partial charge in [0.05, 0.1) is 12.3 Å². The Morgan fingerprint density at radius 2 is 1.76 bits per heavy atom. The third-order valence-corrected chi connectivity index (χ3v) is 4.07. The molecule has 2 saturated heterocycles. The van der Waals surface area contributed by atoms with E-state index in [1.54, 1.807) is 12.3 Å². The number of aliphatic hydroxyl groups excluding tert-OH is 1. The van der Waals surface area contributed by atoms with E-state index < -0.39 is 0 Å². The highest BCUT2D eigenvalue weighted by atomic mass is 16.3. The van der Waals surface area contributed by atoms with Crippen LogP contribution >= 0.6 is 0 Å². The molecule has 21 heavy (non-hydrogen) atoms. The molecule has 0 spiro atoms. The number of likely N-dealkylation sites (tertiary alicyclic amines) is 1. The van der Waals surface area contributed by atoms with Gasteiger partial charge in [-0.25, -0.2) is 14.8 Å². The summed E-state index contributed by atoms with van der Waals surface area (Å²) >= 11 is 0. The van der Waals surface area contributed by atoms with Crippen LogP contribution in [0, 0.1) is 0 Å². The first-order valence-electron chi connectivity index (χ1n) is 7.49. The van der Waals surface area contributed by atoms with Crippen molar-refractivity contribution < 1.29 is 9.90 Å². The molecule has 1 aromatic heterocycles. The third kappa shape index (κ3) is 3.07. The average Bonchev–Trinajstić information content (AvgIpc) is 3.09. The predicted molar refractivity (Wildman–Crippen MR) is 77.9 cm³/mol. The van der Waals surface area contributed by atoms with Crippen LogP contribution in [0.25, 0.3) is 0 Å². The van der Waals surface area contributed by atoms with Crippen molar-refractivity contribution >= 4 is 12.0 Å². The molecule has 0 aromatic carbocycles. The van der Waals surface area contributed by atoms with Gasteiger partial charge in [0.25, 0.3) is 0 Å². The fourth-order valence-electron chi connectivity index (χ4n) is 2.83.